The molecule has 0 spiro atoms. The highest BCUT2D eigenvalue weighted by Gasteiger charge is 2.10. The van der Waals surface area contributed by atoms with E-state index in [9.17, 15) is 0 Å². The summed E-state index contributed by atoms with van der Waals surface area (Å²) in [6, 6.07) is 5.71. The van der Waals surface area contributed by atoms with E-state index in [1.54, 1.807) is 0 Å². The Balaban J connectivity index is 1.71. The fourth-order valence-corrected chi connectivity index (χ4v) is 2.52. The van der Waals surface area contributed by atoms with Gasteiger partial charge in [0.1, 0.15) is 5.75 Å². The van der Waals surface area contributed by atoms with Crippen LogP contribution in [0.4, 0.5) is 0 Å². The van der Waals surface area contributed by atoms with Crippen molar-refractivity contribution in [3.63, 3.8) is 0 Å². The van der Waals surface area contributed by atoms with Gasteiger partial charge in [-0.3, -0.25) is 0 Å². The molecule has 0 radical (unpaired) electrons. The van der Waals surface area contributed by atoms with Crippen molar-refractivity contribution in [2.75, 3.05) is 26.2 Å². The Kier molecular flexibility index (Phi) is 5.29. The fourth-order valence-electron chi connectivity index (χ4n) is 2.27. The number of likely N-dealkylation sites (tertiary alicyclic amines) is 1. The molecule has 1 heterocycles. The molecular formula is C14H21ClN2O. The van der Waals surface area contributed by atoms with Gasteiger partial charge >= 0.3 is 0 Å². The number of hydrogen-bond acceptors (Lipinski definition) is 3. The van der Waals surface area contributed by atoms with Crippen LogP contribution in [0.25, 0.3) is 0 Å². The van der Waals surface area contributed by atoms with Gasteiger partial charge in [0.25, 0.3) is 0 Å². The Bertz CT molecular complexity index is 378. The summed E-state index contributed by atoms with van der Waals surface area (Å²) in [7, 11) is 0. The molecule has 1 fully saturated rings. The highest BCUT2D eigenvalue weighted by molar-refractivity contribution is 6.31. The summed E-state index contributed by atoms with van der Waals surface area (Å²) in [6.07, 6.45) is 3.75. The summed E-state index contributed by atoms with van der Waals surface area (Å²) < 4.78 is 5.69. The van der Waals surface area contributed by atoms with Gasteiger partial charge in [0.2, 0.25) is 0 Å². The van der Waals surface area contributed by atoms with Crippen molar-refractivity contribution < 1.29 is 4.74 Å². The molecule has 1 aliphatic heterocycles. The first kappa shape index (κ1) is 13.7. The summed E-state index contributed by atoms with van der Waals surface area (Å²) >= 11 is 6.08. The second-order valence-corrected chi connectivity index (χ2v) is 5.12. The van der Waals surface area contributed by atoms with E-state index in [1.807, 2.05) is 18.2 Å². The molecule has 1 aliphatic rings. The molecule has 0 atom stereocenters. The van der Waals surface area contributed by atoms with E-state index in [1.165, 1.54) is 25.9 Å². The third-order valence-corrected chi connectivity index (χ3v) is 3.68. The summed E-state index contributed by atoms with van der Waals surface area (Å²) in [4.78, 5) is 2.49. The number of hydrogen-bond donors (Lipinski definition) is 1. The quantitative estimate of drug-likeness (QED) is 0.806. The predicted octanol–water partition coefficient (Wildman–Crippen LogP) is 2.66. The maximum absolute atomic E-state index is 6.08. The normalized spacial score (nSPS) is 16.1. The van der Waals surface area contributed by atoms with Crippen molar-refractivity contribution >= 4 is 11.6 Å². The van der Waals surface area contributed by atoms with Gasteiger partial charge in [0, 0.05) is 18.1 Å². The molecule has 0 unspecified atom stereocenters. The van der Waals surface area contributed by atoms with Gasteiger partial charge in [-0.25, -0.2) is 0 Å². The molecule has 18 heavy (non-hydrogen) atoms. The average Bonchev–Trinajstić information content (AvgIpc) is 2.88. The lowest BCUT2D eigenvalue weighted by Gasteiger charge is -2.14. The van der Waals surface area contributed by atoms with E-state index < -0.39 is 0 Å². The Labute approximate surface area is 114 Å². The van der Waals surface area contributed by atoms with Crippen molar-refractivity contribution in [1.82, 2.24) is 4.90 Å². The maximum Gasteiger partial charge on any atom is 0.120 e. The molecule has 0 aromatic heterocycles. The third-order valence-electron chi connectivity index (χ3n) is 3.33. The molecule has 2 N–H and O–H groups in total. The van der Waals surface area contributed by atoms with Gasteiger partial charge in [0.05, 0.1) is 6.61 Å². The van der Waals surface area contributed by atoms with Gasteiger partial charge in [0.15, 0.2) is 0 Å². The second-order valence-electron chi connectivity index (χ2n) is 4.71. The molecule has 3 nitrogen and oxygen atoms in total. The van der Waals surface area contributed by atoms with Crippen molar-refractivity contribution in [2.24, 2.45) is 5.73 Å². The Morgan fingerprint density at radius 2 is 2.06 bits per heavy atom. The minimum absolute atomic E-state index is 0.466. The van der Waals surface area contributed by atoms with Crippen molar-refractivity contribution in [3.05, 3.63) is 28.8 Å². The van der Waals surface area contributed by atoms with Crippen molar-refractivity contribution in [3.8, 4) is 5.75 Å². The van der Waals surface area contributed by atoms with Crippen LogP contribution in [0.2, 0.25) is 5.02 Å². The minimum atomic E-state index is 0.466. The van der Waals surface area contributed by atoms with E-state index in [-0.39, 0.29) is 0 Å². The molecule has 2 rings (SSSR count). The number of halogens is 1. The zero-order chi connectivity index (χ0) is 12.8. The number of nitrogens with two attached hydrogens (primary N) is 1. The lowest BCUT2D eigenvalue weighted by atomic mass is 10.2. The third kappa shape index (κ3) is 3.87. The molecular weight excluding hydrogens is 248 g/mol. The van der Waals surface area contributed by atoms with Crippen LogP contribution >= 0.6 is 11.6 Å². The zero-order valence-corrected chi connectivity index (χ0v) is 11.5. The van der Waals surface area contributed by atoms with E-state index >= 15 is 0 Å². The molecule has 0 saturated carbocycles. The Hall–Kier alpha value is -0.770. The number of ether oxygens (including phenoxy) is 1. The van der Waals surface area contributed by atoms with Crippen LogP contribution in [0.3, 0.4) is 0 Å². The smallest absolute Gasteiger partial charge is 0.120 e. The number of benzene rings is 1. The topological polar surface area (TPSA) is 38.5 Å². The summed E-state index contributed by atoms with van der Waals surface area (Å²) in [5.74, 6) is 0.832. The van der Waals surface area contributed by atoms with Gasteiger partial charge in [-0.15, -0.1) is 0 Å². The first-order valence-electron chi connectivity index (χ1n) is 6.63. The van der Waals surface area contributed by atoms with Crippen LogP contribution in [-0.4, -0.2) is 31.1 Å². The van der Waals surface area contributed by atoms with E-state index in [0.29, 0.717) is 11.6 Å². The van der Waals surface area contributed by atoms with Crippen LogP contribution in [0, 0.1) is 0 Å². The molecule has 4 heteroatoms. The number of nitrogens with zero attached hydrogens (tertiary/aromatic N) is 1. The monoisotopic (exact) mass is 268 g/mol. The van der Waals surface area contributed by atoms with Crippen LogP contribution in [0.5, 0.6) is 5.75 Å². The lowest BCUT2D eigenvalue weighted by molar-refractivity contribution is 0.263. The van der Waals surface area contributed by atoms with Gasteiger partial charge in [-0.05, 0) is 50.0 Å². The Morgan fingerprint density at radius 3 is 2.72 bits per heavy atom. The first-order valence-corrected chi connectivity index (χ1v) is 7.01. The highest BCUT2D eigenvalue weighted by Crippen LogP contribution is 2.22. The van der Waals surface area contributed by atoms with Gasteiger partial charge in [-0.1, -0.05) is 17.7 Å². The molecule has 0 aliphatic carbocycles. The molecule has 1 aromatic carbocycles. The first-order chi connectivity index (χ1) is 8.79. The Morgan fingerprint density at radius 1 is 1.28 bits per heavy atom. The van der Waals surface area contributed by atoms with E-state index in [4.69, 9.17) is 22.1 Å². The lowest BCUT2D eigenvalue weighted by Crippen LogP contribution is -2.21. The fraction of sp³-hybridized carbons (Fsp3) is 0.571. The minimum Gasteiger partial charge on any atom is -0.493 e. The van der Waals surface area contributed by atoms with Crippen LogP contribution in [-0.2, 0) is 6.54 Å². The molecule has 100 valence electrons. The molecule has 1 aromatic rings. The summed E-state index contributed by atoms with van der Waals surface area (Å²) in [5.41, 5.74) is 6.52. The van der Waals surface area contributed by atoms with Gasteiger partial charge in [-0.2, -0.15) is 0 Å². The summed E-state index contributed by atoms with van der Waals surface area (Å²) in [5, 5.41) is 0.689. The van der Waals surface area contributed by atoms with Crippen LogP contribution in [0.1, 0.15) is 24.8 Å². The largest absolute Gasteiger partial charge is 0.493 e. The summed E-state index contributed by atoms with van der Waals surface area (Å²) in [6.45, 7) is 4.84. The zero-order valence-electron chi connectivity index (χ0n) is 10.7. The van der Waals surface area contributed by atoms with Crippen molar-refractivity contribution in [2.45, 2.75) is 25.8 Å². The molecule has 0 bridgehead atoms. The molecule has 1 saturated heterocycles. The van der Waals surface area contributed by atoms with Crippen LogP contribution < -0.4 is 10.5 Å². The maximum atomic E-state index is 6.08. The SMILES string of the molecule is NCc1ccc(OCCCN2CCCC2)cc1Cl. The number of rotatable bonds is 6. The second kappa shape index (κ2) is 6.98. The van der Waals surface area contributed by atoms with E-state index in [2.05, 4.69) is 4.90 Å². The van der Waals surface area contributed by atoms with E-state index in [0.717, 1.165) is 30.9 Å². The van der Waals surface area contributed by atoms with Gasteiger partial charge < -0.3 is 15.4 Å². The molecule has 0 amide bonds. The average molecular weight is 269 g/mol. The standard InChI is InChI=1S/C14H21ClN2O/c15-14-10-13(5-4-12(14)11-16)18-9-3-8-17-6-1-2-7-17/h4-5,10H,1-3,6-9,11,16H2. The van der Waals surface area contributed by atoms with Crippen molar-refractivity contribution in [1.29, 1.82) is 0 Å². The van der Waals surface area contributed by atoms with Crippen LogP contribution in [0.15, 0.2) is 18.2 Å². The highest BCUT2D eigenvalue weighted by atomic mass is 35.5. The predicted molar refractivity (Wildman–Crippen MR) is 75.1 cm³/mol.